The van der Waals surface area contributed by atoms with Crippen molar-refractivity contribution in [1.29, 1.82) is 0 Å². The number of hydrogen-bond donors (Lipinski definition) is 2. The number of likely N-dealkylation sites (N-methyl/N-ethyl adjacent to an activating group) is 1. The number of nitrogens with one attached hydrogen (secondary N) is 2. The fraction of sp³-hybridized carbons (Fsp3) is 0.733. The van der Waals surface area contributed by atoms with Crippen LogP contribution in [-0.2, 0) is 6.54 Å². The lowest BCUT2D eigenvalue weighted by molar-refractivity contribution is 0.309. The Labute approximate surface area is 155 Å². The average Bonchev–Trinajstić information content (AvgIpc) is 3.08. The van der Waals surface area contributed by atoms with Crippen LogP contribution in [0.2, 0.25) is 0 Å². The SMILES string of the molecule is CN=C(NCc1nc(C(C)C)cs1)NCC1CCCN1C.I. The van der Waals surface area contributed by atoms with Crippen molar-refractivity contribution >= 4 is 41.3 Å². The number of nitrogens with zero attached hydrogens (tertiary/aromatic N) is 3. The Morgan fingerprint density at radius 3 is 2.82 bits per heavy atom. The minimum Gasteiger partial charge on any atom is -0.355 e. The lowest BCUT2D eigenvalue weighted by Crippen LogP contribution is -2.43. The second-order valence-electron chi connectivity index (χ2n) is 5.90. The van der Waals surface area contributed by atoms with E-state index in [1.54, 1.807) is 11.3 Å². The molecule has 0 radical (unpaired) electrons. The minimum atomic E-state index is 0. The van der Waals surface area contributed by atoms with Crippen molar-refractivity contribution in [2.24, 2.45) is 4.99 Å². The molecule has 2 rings (SSSR count). The molecule has 1 fully saturated rings. The van der Waals surface area contributed by atoms with Gasteiger partial charge in [-0.15, -0.1) is 35.3 Å². The van der Waals surface area contributed by atoms with Crippen molar-refractivity contribution in [3.05, 3.63) is 16.1 Å². The van der Waals surface area contributed by atoms with Crippen molar-refractivity contribution in [3.63, 3.8) is 0 Å². The quantitative estimate of drug-likeness (QED) is 0.423. The molecule has 1 aliphatic heterocycles. The second kappa shape index (κ2) is 9.67. The maximum atomic E-state index is 4.63. The van der Waals surface area contributed by atoms with E-state index in [-0.39, 0.29) is 24.0 Å². The van der Waals surface area contributed by atoms with E-state index in [2.05, 4.69) is 51.8 Å². The molecule has 2 heterocycles. The van der Waals surface area contributed by atoms with Crippen molar-refractivity contribution in [1.82, 2.24) is 20.5 Å². The molecular formula is C15H28IN5S. The maximum absolute atomic E-state index is 4.63. The molecule has 1 aliphatic rings. The number of likely N-dealkylation sites (tertiary alicyclic amines) is 1. The Hall–Kier alpha value is -0.410. The van der Waals surface area contributed by atoms with E-state index in [0.29, 0.717) is 12.0 Å². The lowest BCUT2D eigenvalue weighted by Gasteiger charge is -2.21. The molecule has 1 unspecified atom stereocenters. The molecule has 22 heavy (non-hydrogen) atoms. The summed E-state index contributed by atoms with van der Waals surface area (Å²) < 4.78 is 0. The topological polar surface area (TPSA) is 52.6 Å². The molecule has 0 aliphatic carbocycles. The van der Waals surface area contributed by atoms with Gasteiger partial charge in [-0.1, -0.05) is 13.8 Å². The van der Waals surface area contributed by atoms with Crippen molar-refractivity contribution in [3.8, 4) is 0 Å². The van der Waals surface area contributed by atoms with E-state index in [4.69, 9.17) is 0 Å². The van der Waals surface area contributed by atoms with E-state index in [0.717, 1.165) is 24.1 Å². The average molecular weight is 437 g/mol. The summed E-state index contributed by atoms with van der Waals surface area (Å²) in [6.07, 6.45) is 2.57. The standard InChI is InChI=1S/C15H27N5S.HI/c1-11(2)13-10-21-14(19-13)9-18-15(16-3)17-8-12-6-5-7-20(12)4;/h10-12H,5-9H2,1-4H3,(H2,16,17,18);1H. The van der Waals surface area contributed by atoms with Crippen LogP contribution < -0.4 is 10.6 Å². The van der Waals surface area contributed by atoms with Crippen LogP contribution in [0.25, 0.3) is 0 Å². The fourth-order valence-electron chi connectivity index (χ4n) is 2.50. The van der Waals surface area contributed by atoms with Crippen molar-refractivity contribution < 1.29 is 0 Å². The molecule has 7 heteroatoms. The maximum Gasteiger partial charge on any atom is 0.191 e. The van der Waals surface area contributed by atoms with Gasteiger partial charge in [0.1, 0.15) is 5.01 Å². The Kier molecular flexibility index (Phi) is 8.63. The van der Waals surface area contributed by atoms with E-state index >= 15 is 0 Å². The van der Waals surface area contributed by atoms with E-state index in [9.17, 15) is 0 Å². The van der Waals surface area contributed by atoms with Gasteiger partial charge in [-0.25, -0.2) is 4.98 Å². The Morgan fingerprint density at radius 1 is 1.50 bits per heavy atom. The lowest BCUT2D eigenvalue weighted by atomic mass is 10.2. The van der Waals surface area contributed by atoms with Gasteiger partial charge in [0.15, 0.2) is 5.96 Å². The molecule has 1 atom stereocenters. The molecule has 0 spiro atoms. The summed E-state index contributed by atoms with van der Waals surface area (Å²) in [5, 5.41) is 10.0. The number of aromatic nitrogens is 1. The number of thiazole rings is 1. The highest BCUT2D eigenvalue weighted by atomic mass is 127. The smallest absolute Gasteiger partial charge is 0.191 e. The van der Waals surface area contributed by atoms with Crippen molar-refractivity contribution in [2.45, 2.75) is 45.2 Å². The first kappa shape index (κ1) is 19.6. The summed E-state index contributed by atoms with van der Waals surface area (Å²) in [7, 11) is 4.01. The van der Waals surface area contributed by atoms with Crippen LogP contribution in [0.4, 0.5) is 0 Å². The van der Waals surface area contributed by atoms with Crippen LogP contribution in [0, 0.1) is 0 Å². The summed E-state index contributed by atoms with van der Waals surface area (Å²) in [6.45, 7) is 7.23. The molecule has 1 saturated heterocycles. The van der Waals surface area contributed by atoms with Crippen LogP contribution in [0.5, 0.6) is 0 Å². The van der Waals surface area contributed by atoms with Gasteiger partial charge < -0.3 is 15.5 Å². The summed E-state index contributed by atoms with van der Waals surface area (Å²) in [5.74, 6) is 1.35. The predicted octanol–water partition coefficient (Wildman–Crippen LogP) is 2.64. The van der Waals surface area contributed by atoms with E-state index in [1.807, 2.05) is 7.05 Å². The molecule has 126 valence electrons. The van der Waals surface area contributed by atoms with E-state index in [1.165, 1.54) is 25.1 Å². The fourth-order valence-corrected chi connectivity index (χ4v) is 3.40. The highest BCUT2D eigenvalue weighted by molar-refractivity contribution is 14.0. The molecule has 0 amide bonds. The third-order valence-corrected chi connectivity index (χ3v) is 4.84. The monoisotopic (exact) mass is 437 g/mol. The zero-order chi connectivity index (χ0) is 15.2. The van der Waals surface area contributed by atoms with Gasteiger partial charge in [-0.05, 0) is 32.4 Å². The molecule has 0 bridgehead atoms. The minimum absolute atomic E-state index is 0. The highest BCUT2D eigenvalue weighted by Crippen LogP contribution is 2.17. The van der Waals surface area contributed by atoms with Gasteiger partial charge in [0.05, 0.1) is 12.2 Å². The first-order valence-electron chi connectivity index (χ1n) is 7.69. The van der Waals surface area contributed by atoms with Gasteiger partial charge in [0.2, 0.25) is 0 Å². The van der Waals surface area contributed by atoms with Gasteiger partial charge in [-0.3, -0.25) is 4.99 Å². The molecule has 2 N–H and O–H groups in total. The largest absolute Gasteiger partial charge is 0.355 e. The predicted molar refractivity (Wildman–Crippen MR) is 105 cm³/mol. The number of hydrogen-bond acceptors (Lipinski definition) is 4. The normalized spacial score (nSPS) is 19.3. The van der Waals surface area contributed by atoms with Gasteiger partial charge in [-0.2, -0.15) is 0 Å². The summed E-state index contributed by atoms with van der Waals surface area (Å²) in [6, 6.07) is 0.621. The number of aliphatic imine (C=N–C) groups is 1. The third kappa shape index (κ3) is 5.66. The van der Waals surface area contributed by atoms with Gasteiger partial charge in [0.25, 0.3) is 0 Å². The Balaban J connectivity index is 0.00000242. The molecule has 1 aromatic heterocycles. The number of guanidine groups is 1. The summed E-state index contributed by atoms with van der Waals surface area (Å²) in [5.41, 5.74) is 1.17. The second-order valence-corrected chi connectivity index (χ2v) is 6.85. The zero-order valence-corrected chi connectivity index (χ0v) is 17.1. The Bertz CT molecular complexity index is 474. The zero-order valence-electron chi connectivity index (χ0n) is 13.9. The van der Waals surface area contributed by atoms with Gasteiger partial charge >= 0.3 is 0 Å². The van der Waals surface area contributed by atoms with Crippen LogP contribution >= 0.6 is 35.3 Å². The summed E-state index contributed by atoms with van der Waals surface area (Å²) >= 11 is 1.71. The van der Waals surface area contributed by atoms with Crippen LogP contribution in [-0.4, -0.2) is 49.1 Å². The number of halogens is 1. The Morgan fingerprint density at radius 2 is 2.27 bits per heavy atom. The van der Waals surface area contributed by atoms with Crippen LogP contribution in [0.3, 0.4) is 0 Å². The first-order chi connectivity index (χ1) is 10.1. The molecule has 0 saturated carbocycles. The molecule has 5 nitrogen and oxygen atoms in total. The highest BCUT2D eigenvalue weighted by Gasteiger charge is 2.20. The number of rotatable bonds is 5. The molecule has 0 aromatic carbocycles. The van der Waals surface area contributed by atoms with Gasteiger partial charge in [0, 0.05) is 25.0 Å². The molecule has 1 aromatic rings. The summed E-state index contributed by atoms with van der Waals surface area (Å²) in [4.78, 5) is 11.3. The molecular weight excluding hydrogens is 409 g/mol. The van der Waals surface area contributed by atoms with Crippen molar-refractivity contribution in [2.75, 3.05) is 27.2 Å². The van der Waals surface area contributed by atoms with Crippen LogP contribution in [0.1, 0.15) is 43.3 Å². The first-order valence-corrected chi connectivity index (χ1v) is 8.57. The van der Waals surface area contributed by atoms with E-state index < -0.39 is 0 Å². The van der Waals surface area contributed by atoms with Crippen LogP contribution in [0.15, 0.2) is 10.4 Å². The third-order valence-electron chi connectivity index (χ3n) is 3.97.